The van der Waals surface area contributed by atoms with Crippen LogP contribution in [0.2, 0.25) is 0 Å². The Kier molecular flexibility index (Phi) is 5.03. The maximum absolute atomic E-state index is 12.9. The SMILES string of the molecule is O=C(Cc1ccc(F)cc1)Nc1ccc(C[NH+]2CCCC2)cc1. The first-order valence-corrected chi connectivity index (χ1v) is 8.16. The lowest BCUT2D eigenvalue weighted by Gasteiger charge is -2.12. The summed E-state index contributed by atoms with van der Waals surface area (Å²) >= 11 is 0. The first-order chi connectivity index (χ1) is 11.2. The van der Waals surface area contributed by atoms with Gasteiger partial charge in [0, 0.05) is 24.1 Å². The molecule has 2 N–H and O–H groups in total. The van der Waals surface area contributed by atoms with Gasteiger partial charge >= 0.3 is 0 Å². The molecule has 1 amide bonds. The van der Waals surface area contributed by atoms with Crippen molar-refractivity contribution in [1.82, 2.24) is 0 Å². The first-order valence-electron chi connectivity index (χ1n) is 8.16. The van der Waals surface area contributed by atoms with E-state index in [-0.39, 0.29) is 18.1 Å². The van der Waals surface area contributed by atoms with Gasteiger partial charge in [0.05, 0.1) is 19.5 Å². The molecule has 2 aromatic rings. The molecule has 120 valence electrons. The van der Waals surface area contributed by atoms with Crippen LogP contribution in [-0.2, 0) is 17.8 Å². The third kappa shape index (κ3) is 4.63. The van der Waals surface area contributed by atoms with Crippen molar-refractivity contribution in [3.63, 3.8) is 0 Å². The molecule has 3 rings (SSSR count). The summed E-state index contributed by atoms with van der Waals surface area (Å²) in [5.74, 6) is -0.376. The maximum atomic E-state index is 12.9. The van der Waals surface area contributed by atoms with Gasteiger partial charge in [-0.15, -0.1) is 0 Å². The van der Waals surface area contributed by atoms with E-state index in [0.29, 0.717) is 0 Å². The Morgan fingerprint density at radius 3 is 2.22 bits per heavy atom. The first kappa shape index (κ1) is 15.7. The summed E-state index contributed by atoms with van der Waals surface area (Å²) in [6, 6.07) is 14.1. The van der Waals surface area contributed by atoms with Crippen molar-refractivity contribution in [1.29, 1.82) is 0 Å². The summed E-state index contributed by atoms with van der Waals surface area (Å²) in [5, 5.41) is 2.89. The molecule has 0 spiro atoms. The number of anilines is 1. The zero-order chi connectivity index (χ0) is 16.1. The number of rotatable bonds is 5. The number of quaternary nitrogens is 1. The van der Waals surface area contributed by atoms with Gasteiger partial charge in [0.25, 0.3) is 0 Å². The Labute approximate surface area is 136 Å². The molecule has 4 heteroatoms. The molecule has 0 saturated carbocycles. The lowest BCUT2D eigenvalue weighted by atomic mass is 10.1. The molecular formula is C19H22FN2O+. The summed E-state index contributed by atoms with van der Waals surface area (Å²) in [6.45, 7) is 3.58. The second-order valence-corrected chi connectivity index (χ2v) is 6.18. The van der Waals surface area contributed by atoms with Gasteiger partial charge in [0.1, 0.15) is 12.4 Å². The fourth-order valence-electron chi connectivity index (χ4n) is 3.04. The third-order valence-electron chi connectivity index (χ3n) is 4.28. The van der Waals surface area contributed by atoms with E-state index >= 15 is 0 Å². The van der Waals surface area contributed by atoms with E-state index in [0.717, 1.165) is 17.8 Å². The van der Waals surface area contributed by atoms with E-state index in [1.54, 1.807) is 17.0 Å². The maximum Gasteiger partial charge on any atom is 0.228 e. The highest BCUT2D eigenvalue weighted by Crippen LogP contribution is 2.11. The molecule has 1 saturated heterocycles. The molecule has 0 bridgehead atoms. The van der Waals surface area contributed by atoms with E-state index in [4.69, 9.17) is 0 Å². The van der Waals surface area contributed by atoms with Crippen molar-refractivity contribution in [2.24, 2.45) is 0 Å². The Hall–Kier alpha value is -2.20. The summed E-state index contributed by atoms with van der Waals surface area (Å²) < 4.78 is 12.9. The molecule has 2 aromatic carbocycles. The minimum atomic E-state index is -0.287. The van der Waals surface area contributed by atoms with Crippen LogP contribution in [0.3, 0.4) is 0 Å². The van der Waals surface area contributed by atoms with Crippen molar-refractivity contribution in [3.05, 3.63) is 65.5 Å². The summed E-state index contributed by atoms with van der Waals surface area (Å²) in [5.41, 5.74) is 2.91. The number of hydrogen-bond donors (Lipinski definition) is 2. The predicted octanol–water partition coefficient (Wildman–Crippen LogP) is 2.19. The average molecular weight is 313 g/mol. The lowest BCUT2D eigenvalue weighted by Crippen LogP contribution is -3.08. The zero-order valence-electron chi connectivity index (χ0n) is 13.1. The summed E-state index contributed by atoms with van der Waals surface area (Å²) in [4.78, 5) is 13.7. The van der Waals surface area contributed by atoms with E-state index in [1.165, 1.54) is 43.6 Å². The van der Waals surface area contributed by atoms with Gasteiger partial charge in [-0.25, -0.2) is 4.39 Å². The van der Waals surface area contributed by atoms with Gasteiger partial charge in [-0.3, -0.25) is 4.79 Å². The van der Waals surface area contributed by atoms with Gasteiger partial charge in [-0.1, -0.05) is 24.3 Å². The van der Waals surface area contributed by atoms with Crippen LogP contribution in [0.5, 0.6) is 0 Å². The molecule has 1 fully saturated rings. The van der Waals surface area contributed by atoms with Crippen LogP contribution in [0.4, 0.5) is 10.1 Å². The number of likely N-dealkylation sites (tertiary alicyclic amines) is 1. The van der Waals surface area contributed by atoms with Gasteiger partial charge in [0.15, 0.2) is 0 Å². The quantitative estimate of drug-likeness (QED) is 0.872. The number of benzene rings is 2. The topological polar surface area (TPSA) is 33.5 Å². The second kappa shape index (κ2) is 7.38. The molecule has 0 radical (unpaired) electrons. The molecule has 0 atom stereocenters. The van der Waals surface area contributed by atoms with Crippen LogP contribution in [0.15, 0.2) is 48.5 Å². The van der Waals surface area contributed by atoms with Gasteiger partial charge in [-0.2, -0.15) is 0 Å². The van der Waals surface area contributed by atoms with E-state index < -0.39 is 0 Å². The van der Waals surface area contributed by atoms with Crippen LogP contribution < -0.4 is 10.2 Å². The zero-order valence-corrected chi connectivity index (χ0v) is 13.1. The largest absolute Gasteiger partial charge is 0.331 e. The fraction of sp³-hybridized carbons (Fsp3) is 0.316. The number of hydrogen-bond acceptors (Lipinski definition) is 1. The molecule has 23 heavy (non-hydrogen) atoms. The van der Waals surface area contributed by atoms with Crippen molar-refractivity contribution >= 4 is 11.6 Å². The highest BCUT2D eigenvalue weighted by atomic mass is 19.1. The Bertz CT molecular complexity index is 646. The number of carbonyl (C=O) groups excluding carboxylic acids is 1. The van der Waals surface area contributed by atoms with Gasteiger partial charge in [-0.05, 0) is 29.8 Å². The summed E-state index contributed by atoms with van der Waals surface area (Å²) in [6.07, 6.45) is 2.90. The average Bonchev–Trinajstić information content (AvgIpc) is 3.04. The number of amides is 1. The summed E-state index contributed by atoms with van der Waals surface area (Å²) in [7, 11) is 0. The second-order valence-electron chi connectivity index (χ2n) is 6.18. The molecule has 1 heterocycles. The van der Waals surface area contributed by atoms with E-state index in [9.17, 15) is 9.18 Å². The van der Waals surface area contributed by atoms with Crippen molar-refractivity contribution in [3.8, 4) is 0 Å². The van der Waals surface area contributed by atoms with Gasteiger partial charge < -0.3 is 10.2 Å². The normalized spacial score (nSPS) is 14.8. The van der Waals surface area contributed by atoms with Crippen molar-refractivity contribution in [2.45, 2.75) is 25.8 Å². The van der Waals surface area contributed by atoms with Crippen molar-refractivity contribution < 1.29 is 14.1 Å². The minimum Gasteiger partial charge on any atom is -0.331 e. The molecule has 3 nitrogen and oxygen atoms in total. The fourth-order valence-corrected chi connectivity index (χ4v) is 3.04. The van der Waals surface area contributed by atoms with Crippen LogP contribution in [0.1, 0.15) is 24.0 Å². The highest BCUT2D eigenvalue weighted by molar-refractivity contribution is 5.92. The molecule has 0 unspecified atom stereocenters. The van der Waals surface area contributed by atoms with Gasteiger partial charge in [0.2, 0.25) is 5.91 Å². The molecule has 1 aliphatic rings. The smallest absolute Gasteiger partial charge is 0.228 e. The number of halogens is 1. The Balaban J connectivity index is 1.52. The number of nitrogens with one attached hydrogen (secondary N) is 2. The minimum absolute atomic E-state index is 0.0884. The monoisotopic (exact) mass is 313 g/mol. The van der Waals surface area contributed by atoms with Crippen LogP contribution in [0, 0.1) is 5.82 Å². The van der Waals surface area contributed by atoms with E-state index in [2.05, 4.69) is 17.4 Å². The van der Waals surface area contributed by atoms with Crippen LogP contribution in [-0.4, -0.2) is 19.0 Å². The molecule has 1 aliphatic heterocycles. The molecular weight excluding hydrogens is 291 g/mol. The van der Waals surface area contributed by atoms with E-state index in [1.807, 2.05) is 12.1 Å². The molecule has 0 aromatic heterocycles. The highest BCUT2D eigenvalue weighted by Gasteiger charge is 2.15. The standard InChI is InChI=1S/C19H21FN2O/c20-17-7-3-15(4-8-17)13-19(23)21-18-9-5-16(6-10-18)14-22-11-1-2-12-22/h3-10H,1-2,11-14H2,(H,21,23)/p+1. The Morgan fingerprint density at radius 2 is 1.57 bits per heavy atom. The van der Waals surface area contributed by atoms with Crippen LogP contribution in [0.25, 0.3) is 0 Å². The molecule has 0 aliphatic carbocycles. The van der Waals surface area contributed by atoms with Crippen molar-refractivity contribution in [2.75, 3.05) is 18.4 Å². The third-order valence-corrected chi connectivity index (χ3v) is 4.28. The predicted molar refractivity (Wildman–Crippen MR) is 88.8 cm³/mol. The van der Waals surface area contributed by atoms with Crippen LogP contribution >= 0.6 is 0 Å². The Morgan fingerprint density at radius 1 is 0.957 bits per heavy atom. The number of carbonyl (C=O) groups is 1. The lowest BCUT2D eigenvalue weighted by molar-refractivity contribution is -0.901.